The molecule has 0 aliphatic carbocycles. The molecule has 2 aliphatic rings. The molecule has 1 aromatic carbocycles. The maximum Gasteiger partial charge on any atom is 0.410 e. The lowest BCUT2D eigenvalue weighted by Crippen LogP contribution is -2.54. The van der Waals surface area contributed by atoms with Crippen LogP contribution in [0.25, 0.3) is 0 Å². The quantitative estimate of drug-likeness (QED) is 0.506. The van der Waals surface area contributed by atoms with Crippen molar-refractivity contribution in [2.75, 3.05) is 25.5 Å². The number of hydrogen-bond donors (Lipinski definition) is 2. The van der Waals surface area contributed by atoms with Crippen molar-refractivity contribution in [1.29, 1.82) is 0 Å². The van der Waals surface area contributed by atoms with Crippen LogP contribution in [0, 0.1) is 0 Å². The highest BCUT2D eigenvalue weighted by atomic mass is 16.6. The fraction of sp³-hybridized carbons (Fsp3) is 0.500. The van der Waals surface area contributed by atoms with Gasteiger partial charge in [0.1, 0.15) is 11.6 Å². The van der Waals surface area contributed by atoms with Gasteiger partial charge in [0.05, 0.1) is 11.1 Å². The lowest BCUT2D eigenvalue weighted by atomic mass is 10.0. The van der Waals surface area contributed by atoms with Gasteiger partial charge in [0.15, 0.2) is 0 Å². The monoisotopic (exact) mass is 444 g/mol. The highest BCUT2D eigenvalue weighted by Crippen LogP contribution is 2.32. The molecule has 0 saturated carbocycles. The molecule has 2 aliphatic heterocycles. The summed E-state index contributed by atoms with van der Waals surface area (Å²) in [5, 5.41) is 5.33. The molecule has 1 unspecified atom stereocenters. The first-order chi connectivity index (χ1) is 15.0. The van der Waals surface area contributed by atoms with Crippen LogP contribution in [0.4, 0.5) is 10.5 Å². The topological polar surface area (TPSA) is 125 Å². The van der Waals surface area contributed by atoms with Gasteiger partial charge < -0.3 is 15.0 Å². The van der Waals surface area contributed by atoms with Crippen LogP contribution in [-0.4, -0.2) is 71.3 Å². The standard InChI is InChI=1S/C22H28N4O6/c1-22(2,3)32-21(31)25(4)12-6-11-23-14-8-5-7-13-17(14)20(30)26(19(13)29)15-9-10-16(27)24-18(15)28/h5,7-8,15,23H,6,9-12H2,1-4H3,(H,24,27,28). The second-order valence-electron chi connectivity index (χ2n) is 8.86. The van der Waals surface area contributed by atoms with Gasteiger partial charge in [0.2, 0.25) is 11.8 Å². The predicted octanol–water partition coefficient (Wildman–Crippen LogP) is 1.76. The third-order valence-electron chi connectivity index (χ3n) is 5.16. The molecule has 10 nitrogen and oxygen atoms in total. The number of imide groups is 2. The Kier molecular flexibility index (Phi) is 6.52. The summed E-state index contributed by atoms with van der Waals surface area (Å²) in [7, 11) is 1.65. The van der Waals surface area contributed by atoms with Crippen molar-refractivity contribution in [3.63, 3.8) is 0 Å². The number of amides is 5. The van der Waals surface area contributed by atoms with Gasteiger partial charge >= 0.3 is 6.09 Å². The summed E-state index contributed by atoms with van der Waals surface area (Å²) in [5.74, 6) is -2.17. The van der Waals surface area contributed by atoms with E-state index in [1.54, 1.807) is 46.0 Å². The SMILES string of the molecule is CN(CCCNc1cccc2c1C(=O)N(C1CCC(=O)NC1=O)C2=O)C(=O)OC(C)(C)C. The Morgan fingerprint density at radius 2 is 1.94 bits per heavy atom. The largest absolute Gasteiger partial charge is 0.444 e. The van der Waals surface area contributed by atoms with Crippen molar-refractivity contribution in [1.82, 2.24) is 15.1 Å². The molecule has 10 heteroatoms. The van der Waals surface area contributed by atoms with E-state index in [2.05, 4.69) is 10.6 Å². The minimum absolute atomic E-state index is 0.0695. The summed E-state index contributed by atoms with van der Waals surface area (Å²) in [6.07, 6.45) is 0.341. The summed E-state index contributed by atoms with van der Waals surface area (Å²) in [5.41, 5.74) is 0.337. The van der Waals surface area contributed by atoms with Crippen molar-refractivity contribution < 1.29 is 28.7 Å². The Morgan fingerprint density at radius 3 is 2.59 bits per heavy atom. The zero-order chi connectivity index (χ0) is 23.6. The van der Waals surface area contributed by atoms with Crippen LogP contribution < -0.4 is 10.6 Å². The third kappa shape index (κ3) is 4.90. The van der Waals surface area contributed by atoms with Crippen LogP contribution >= 0.6 is 0 Å². The van der Waals surface area contributed by atoms with Crippen LogP contribution in [0.5, 0.6) is 0 Å². The predicted molar refractivity (Wildman–Crippen MR) is 115 cm³/mol. The van der Waals surface area contributed by atoms with E-state index in [0.717, 1.165) is 4.90 Å². The van der Waals surface area contributed by atoms with Crippen molar-refractivity contribution in [3.8, 4) is 0 Å². The minimum atomic E-state index is -1.00. The highest BCUT2D eigenvalue weighted by Gasteiger charge is 2.45. The second kappa shape index (κ2) is 8.97. The van der Waals surface area contributed by atoms with E-state index in [9.17, 15) is 24.0 Å². The Balaban J connectivity index is 1.63. The first kappa shape index (κ1) is 23.2. The van der Waals surface area contributed by atoms with Gasteiger partial charge in [-0.15, -0.1) is 0 Å². The van der Waals surface area contributed by atoms with E-state index in [1.165, 1.54) is 4.90 Å². The van der Waals surface area contributed by atoms with Gasteiger partial charge in [-0.1, -0.05) is 6.07 Å². The summed E-state index contributed by atoms with van der Waals surface area (Å²) >= 11 is 0. The number of piperidine rings is 1. The van der Waals surface area contributed by atoms with Crippen molar-refractivity contribution >= 4 is 35.4 Å². The lowest BCUT2D eigenvalue weighted by molar-refractivity contribution is -0.136. The normalized spacial score (nSPS) is 18.4. The third-order valence-corrected chi connectivity index (χ3v) is 5.16. The number of nitrogens with one attached hydrogen (secondary N) is 2. The molecule has 0 spiro atoms. The molecule has 2 heterocycles. The average molecular weight is 444 g/mol. The minimum Gasteiger partial charge on any atom is -0.444 e. The number of rotatable bonds is 6. The Hall–Kier alpha value is -3.43. The summed E-state index contributed by atoms with van der Waals surface area (Å²) < 4.78 is 5.31. The Bertz CT molecular complexity index is 968. The second-order valence-corrected chi connectivity index (χ2v) is 8.86. The number of anilines is 1. The molecule has 1 saturated heterocycles. The molecular weight excluding hydrogens is 416 g/mol. The molecule has 172 valence electrons. The van der Waals surface area contributed by atoms with E-state index in [4.69, 9.17) is 4.74 Å². The van der Waals surface area contributed by atoms with E-state index < -0.39 is 41.4 Å². The Morgan fingerprint density at radius 1 is 1.22 bits per heavy atom. The van der Waals surface area contributed by atoms with Gasteiger partial charge in [-0.25, -0.2) is 4.79 Å². The highest BCUT2D eigenvalue weighted by molar-refractivity contribution is 6.25. The van der Waals surface area contributed by atoms with Gasteiger partial charge in [-0.05, 0) is 45.7 Å². The number of ether oxygens (including phenoxy) is 1. The summed E-state index contributed by atoms with van der Waals surface area (Å²) in [6, 6.07) is 3.89. The smallest absolute Gasteiger partial charge is 0.410 e. The van der Waals surface area contributed by atoms with Crippen LogP contribution in [0.2, 0.25) is 0 Å². The van der Waals surface area contributed by atoms with Gasteiger partial charge in [-0.3, -0.25) is 29.4 Å². The number of fused-ring (bicyclic) bond motifs is 1. The number of benzene rings is 1. The maximum atomic E-state index is 13.0. The molecule has 32 heavy (non-hydrogen) atoms. The fourth-order valence-corrected chi connectivity index (χ4v) is 3.63. The van der Waals surface area contributed by atoms with Crippen LogP contribution in [0.15, 0.2) is 18.2 Å². The molecule has 3 rings (SSSR count). The summed E-state index contributed by atoms with van der Waals surface area (Å²) in [4.78, 5) is 63.9. The molecular formula is C22H28N4O6. The van der Waals surface area contributed by atoms with Gasteiger partial charge in [0.25, 0.3) is 11.8 Å². The first-order valence-corrected chi connectivity index (χ1v) is 10.5. The number of carbonyl (C=O) groups is 5. The van der Waals surface area contributed by atoms with Crippen LogP contribution in [-0.2, 0) is 14.3 Å². The molecule has 1 atom stereocenters. The number of nitrogens with zero attached hydrogens (tertiary/aromatic N) is 2. The number of carbonyl (C=O) groups excluding carboxylic acids is 5. The van der Waals surface area contributed by atoms with Crippen molar-refractivity contribution in [3.05, 3.63) is 29.3 Å². The van der Waals surface area contributed by atoms with E-state index in [0.29, 0.717) is 25.2 Å². The van der Waals surface area contributed by atoms with Crippen LogP contribution in [0.3, 0.4) is 0 Å². The lowest BCUT2D eigenvalue weighted by Gasteiger charge is -2.27. The zero-order valence-electron chi connectivity index (χ0n) is 18.7. The van der Waals surface area contributed by atoms with E-state index in [1.807, 2.05) is 0 Å². The fourth-order valence-electron chi connectivity index (χ4n) is 3.63. The molecule has 2 N–H and O–H groups in total. The molecule has 0 radical (unpaired) electrons. The molecule has 0 bridgehead atoms. The molecule has 5 amide bonds. The number of hydrogen-bond acceptors (Lipinski definition) is 7. The molecule has 1 aromatic rings. The zero-order valence-corrected chi connectivity index (χ0v) is 18.7. The van der Waals surface area contributed by atoms with E-state index >= 15 is 0 Å². The van der Waals surface area contributed by atoms with Gasteiger partial charge in [-0.2, -0.15) is 0 Å². The van der Waals surface area contributed by atoms with Crippen LogP contribution in [0.1, 0.15) is 60.7 Å². The Labute approximate surface area is 186 Å². The van der Waals surface area contributed by atoms with E-state index in [-0.39, 0.29) is 24.0 Å². The van der Waals surface area contributed by atoms with Crippen molar-refractivity contribution in [2.24, 2.45) is 0 Å². The average Bonchev–Trinajstić information content (AvgIpc) is 2.95. The molecule has 1 fully saturated rings. The molecule has 0 aromatic heterocycles. The maximum absolute atomic E-state index is 13.0. The summed E-state index contributed by atoms with van der Waals surface area (Å²) in [6.45, 7) is 6.28. The first-order valence-electron chi connectivity index (χ1n) is 10.5. The van der Waals surface area contributed by atoms with Gasteiger partial charge in [0, 0.05) is 32.2 Å². The van der Waals surface area contributed by atoms with Crippen molar-refractivity contribution in [2.45, 2.75) is 51.7 Å².